The number of nitrogens with zero attached hydrogens (tertiary/aromatic N) is 2. The molecule has 1 aliphatic rings. The van der Waals surface area contributed by atoms with E-state index in [1.165, 1.54) is 19.5 Å². The molecule has 0 atom stereocenters. The summed E-state index contributed by atoms with van der Waals surface area (Å²) in [5, 5.41) is 3.91. The lowest BCUT2D eigenvalue weighted by atomic mass is 9.93. The molecule has 0 N–H and O–H groups in total. The van der Waals surface area contributed by atoms with Crippen LogP contribution in [0.1, 0.15) is 26.0 Å². The fourth-order valence-corrected chi connectivity index (χ4v) is 1.91. The standard InChI is InChI=1S/C10H16N2O/c1-10(2)4-5-12(8-10)7-9-3-6-13-11-9/h3,6H,4-5,7-8H2,1-2H3. The van der Waals surface area contributed by atoms with Crippen LogP contribution in [0.25, 0.3) is 0 Å². The highest BCUT2D eigenvalue weighted by molar-refractivity contribution is 4.96. The molecule has 2 rings (SSSR count). The van der Waals surface area contributed by atoms with Gasteiger partial charge in [0.25, 0.3) is 0 Å². The van der Waals surface area contributed by atoms with Crippen LogP contribution in [0.2, 0.25) is 0 Å². The summed E-state index contributed by atoms with van der Waals surface area (Å²) in [6, 6.07) is 1.94. The Balaban J connectivity index is 1.91. The molecule has 0 aromatic carbocycles. The van der Waals surface area contributed by atoms with Crippen molar-refractivity contribution < 1.29 is 4.52 Å². The third-order valence-corrected chi connectivity index (χ3v) is 2.63. The van der Waals surface area contributed by atoms with E-state index in [1.54, 1.807) is 6.26 Å². The van der Waals surface area contributed by atoms with Crippen LogP contribution in [0.3, 0.4) is 0 Å². The zero-order chi connectivity index (χ0) is 9.31. The largest absolute Gasteiger partial charge is 0.364 e. The van der Waals surface area contributed by atoms with Gasteiger partial charge in [-0.25, -0.2) is 0 Å². The molecule has 3 nitrogen and oxygen atoms in total. The third kappa shape index (κ3) is 2.10. The van der Waals surface area contributed by atoms with Crippen LogP contribution < -0.4 is 0 Å². The molecule has 0 spiro atoms. The Labute approximate surface area is 78.7 Å². The number of hydrogen-bond donors (Lipinski definition) is 0. The van der Waals surface area contributed by atoms with Gasteiger partial charge < -0.3 is 4.52 Å². The van der Waals surface area contributed by atoms with E-state index in [9.17, 15) is 0 Å². The highest BCUT2D eigenvalue weighted by Crippen LogP contribution is 2.29. The van der Waals surface area contributed by atoms with Crippen molar-refractivity contribution in [1.29, 1.82) is 0 Å². The van der Waals surface area contributed by atoms with Crippen molar-refractivity contribution in [3.8, 4) is 0 Å². The smallest absolute Gasteiger partial charge is 0.124 e. The Kier molecular flexibility index (Phi) is 2.12. The van der Waals surface area contributed by atoms with Gasteiger partial charge in [-0.15, -0.1) is 0 Å². The van der Waals surface area contributed by atoms with Gasteiger partial charge >= 0.3 is 0 Å². The molecule has 3 heteroatoms. The van der Waals surface area contributed by atoms with Crippen LogP contribution in [0, 0.1) is 5.41 Å². The first-order chi connectivity index (χ1) is 6.16. The molecule has 0 amide bonds. The number of hydrogen-bond acceptors (Lipinski definition) is 3. The Morgan fingerprint density at radius 3 is 3.00 bits per heavy atom. The molecule has 2 heterocycles. The van der Waals surface area contributed by atoms with E-state index in [2.05, 4.69) is 23.9 Å². The minimum absolute atomic E-state index is 0.476. The Bertz CT molecular complexity index is 266. The van der Waals surface area contributed by atoms with E-state index in [0.29, 0.717) is 5.41 Å². The minimum Gasteiger partial charge on any atom is -0.364 e. The first kappa shape index (κ1) is 8.75. The molecule has 1 fully saturated rings. The van der Waals surface area contributed by atoms with Gasteiger partial charge in [-0.1, -0.05) is 19.0 Å². The second-order valence-electron chi connectivity index (χ2n) is 4.62. The quantitative estimate of drug-likeness (QED) is 0.696. The summed E-state index contributed by atoms with van der Waals surface area (Å²) in [7, 11) is 0. The fourth-order valence-electron chi connectivity index (χ4n) is 1.91. The molecule has 1 saturated heterocycles. The summed E-state index contributed by atoms with van der Waals surface area (Å²) in [5.41, 5.74) is 1.52. The highest BCUT2D eigenvalue weighted by Gasteiger charge is 2.29. The van der Waals surface area contributed by atoms with E-state index in [1.807, 2.05) is 6.07 Å². The highest BCUT2D eigenvalue weighted by atomic mass is 16.5. The normalized spacial score (nSPS) is 22.3. The topological polar surface area (TPSA) is 29.3 Å². The molecule has 0 bridgehead atoms. The second kappa shape index (κ2) is 3.14. The van der Waals surface area contributed by atoms with Crippen molar-refractivity contribution >= 4 is 0 Å². The molecule has 0 aliphatic carbocycles. The average molecular weight is 180 g/mol. The molecule has 0 saturated carbocycles. The van der Waals surface area contributed by atoms with Crippen molar-refractivity contribution in [1.82, 2.24) is 10.1 Å². The van der Waals surface area contributed by atoms with Gasteiger partial charge in [0, 0.05) is 19.2 Å². The zero-order valence-electron chi connectivity index (χ0n) is 8.29. The van der Waals surface area contributed by atoms with Gasteiger partial charge in [0.15, 0.2) is 0 Å². The van der Waals surface area contributed by atoms with Gasteiger partial charge in [-0.05, 0) is 18.4 Å². The molecule has 72 valence electrons. The SMILES string of the molecule is CC1(C)CCN(Cc2ccon2)C1. The van der Waals surface area contributed by atoms with Gasteiger partial charge in [0.2, 0.25) is 0 Å². The summed E-state index contributed by atoms with van der Waals surface area (Å²) >= 11 is 0. The summed E-state index contributed by atoms with van der Waals surface area (Å²) in [6.07, 6.45) is 2.92. The molecular weight excluding hydrogens is 164 g/mol. The number of rotatable bonds is 2. The van der Waals surface area contributed by atoms with Crippen molar-refractivity contribution in [2.45, 2.75) is 26.8 Å². The van der Waals surface area contributed by atoms with Crippen LogP contribution in [-0.4, -0.2) is 23.1 Å². The molecule has 1 aromatic heterocycles. The number of aromatic nitrogens is 1. The fraction of sp³-hybridized carbons (Fsp3) is 0.700. The van der Waals surface area contributed by atoms with Gasteiger partial charge in [0.1, 0.15) is 6.26 Å². The van der Waals surface area contributed by atoms with Crippen molar-refractivity contribution in [2.24, 2.45) is 5.41 Å². The molecule has 1 aliphatic heterocycles. The predicted octanol–water partition coefficient (Wildman–Crippen LogP) is 1.91. The molecule has 0 radical (unpaired) electrons. The van der Waals surface area contributed by atoms with Crippen LogP contribution in [0.15, 0.2) is 16.9 Å². The maximum atomic E-state index is 4.80. The first-order valence-electron chi connectivity index (χ1n) is 4.77. The van der Waals surface area contributed by atoms with Crippen molar-refractivity contribution in [3.05, 3.63) is 18.0 Å². The van der Waals surface area contributed by atoms with E-state index in [-0.39, 0.29) is 0 Å². The summed E-state index contributed by atoms with van der Waals surface area (Å²) in [6.45, 7) is 7.91. The summed E-state index contributed by atoms with van der Waals surface area (Å²) in [4.78, 5) is 2.43. The average Bonchev–Trinajstić information content (AvgIpc) is 2.61. The predicted molar refractivity (Wildman–Crippen MR) is 50.2 cm³/mol. The van der Waals surface area contributed by atoms with Crippen LogP contribution in [-0.2, 0) is 6.54 Å². The number of likely N-dealkylation sites (tertiary alicyclic amines) is 1. The summed E-state index contributed by atoms with van der Waals surface area (Å²) < 4.78 is 4.80. The van der Waals surface area contributed by atoms with Crippen molar-refractivity contribution in [2.75, 3.05) is 13.1 Å². The third-order valence-electron chi connectivity index (χ3n) is 2.63. The molecular formula is C10H16N2O. The van der Waals surface area contributed by atoms with Crippen LogP contribution in [0.4, 0.5) is 0 Å². The summed E-state index contributed by atoms with van der Waals surface area (Å²) in [5.74, 6) is 0. The lowest BCUT2D eigenvalue weighted by molar-refractivity contribution is 0.275. The van der Waals surface area contributed by atoms with E-state index >= 15 is 0 Å². The second-order valence-corrected chi connectivity index (χ2v) is 4.62. The minimum atomic E-state index is 0.476. The molecule has 13 heavy (non-hydrogen) atoms. The van der Waals surface area contributed by atoms with Gasteiger partial charge in [0.05, 0.1) is 5.69 Å². The zero-order valence-corrected chi connectivity index (χ0v) is 8.29. The maximum absolute atomic E-state index is 4.80. The van der Waals surface area contributed by atoms with E-state index in [0.717, 1.165) is 12.2 Å². The van der Waals surface area contributed by atoms with Crippen LogP contribution in [0.5, 0.6) is 0 Å². The van der Waals surface area contributed by atoms with Gasteiger partial charge in [-0.2, -0.15) is 0 Å². The van der Waals surface area contributed by atoms with E-state index in [4.69, 9.17) is 4.52 Å². The van der Waals surface area contributed by atoms with E-state index < -0.39 is 0 Å². The lowest BCUT2D eigenvalue weighted by Gasteiger charge is -2.18. The monoisotopic (exact) mass is 180 g/mol. The maximum Gasteiger partial charge on any atom is 0.124 e. The lowest BCUT2D eigenvalue weighted by Crippen LogP contribution is -2.22. The Hall–Kier alpha value is -0.830. The van der Waals surface area contributed by atoms with Crippen LogP contribution >= 0.6 is 0 Å². The molecule has 0 unspecified atom stereocenters. The Morgan fingerprint density at radius 1 is 1.62 bits per heavy atom. The molecule has 1 aromatic rings. The van der Waals surface area contributed by atoms with Gasteiger partial charge in [-0.3, -0.25) is 4.90 Å². The van der Waals surface area contributed by atoms with Crippen molar-refractivity contribution in [3.63, 3.8) is 0 Å². The first-order valence-corrected chi connectivity index (χ1v) is 4.77. The Morgan fingerprint density at radius 2 is 2.46 bits per heavy atom.